The van der Waals surface area contributed by atoms with Gasteiger partial charge in [-0.05, 0) is 36.4 Å². The summed E-state index contributed by atoms with van der Waals surface area (Å²) in [7, 11) is 1.28. The molecule has 0 radical (unpaired) electrons. The fraction of sp³-hybridized carbons (Fsp3) is 0.304. The molecule has 9 heteroatoms. The number of rotatable bonds is 4. The summed E-state index contributed by atoms with van der Waals surface area (Å²) in [6.07, 6.45) is 0.0405. The number of hydrogen-bond donors (Lipinski definition) is 0. The second kappa shape index (κ2) is 8.88. The van der Waals surface area contributed by atoms with Crippen LogP contribution in [0.15, 0.2) is 48.5 Å². The normalized spacial score (nSPS) is 19.4. The minimum absolute atomic E-state index is 0.0228. The van der Waals surface area contributed by atoms with Gasteiger partial charge in [0.15, 0.2) is 0 Å². The fourth-order valence-electron chi connectivity index (χ4n) is 4.08. The molecule has 0 unspecified atom stereocenters. The monoisotopic (exact) mass is 439 g/mol. The number of halogens is 1. The summed E-state index contributed by atoms with van der Waals surface area (Å²) in [5.74, 6) is -2.11. The van der Waals surface area contributed by atoms with E-state index in [1.165, 1.54) is 49.6 Å². The summed E-state index contributed by atoms with van der Waals surface area (Å²) in [5.41, 5.74) is 0.737. The predicted octanol–water partition coefficient (Wildman–Crippen LogP) is 1.70. The number of carbonyl (C=O) groups is 4. The van der Waals surface area contributed by atoms with Crippen LogP contribution in [0.25, 0.3) is 0 Å². The van der Waals surface area contributed by atoms with E-state index in [4.69, 9.17) is 0 Å². The number of imide groups is 1. The van der Waals surface area contributed by atoms with Crippen molar-refractivity contribution in [2.75, 3.05) is 38.2 Å². The van der Waals surface area contributed by atoms with Crippen molar-refractivity contribution in [3.63, 3.8) is 0 Å². The molecule has 2 aromatic rings. The Hall–Kier alpha value is -3.59. The Balaban J connectivity index is 1.41. The average Bonchev–Trinajstić information content (AvgIpc) is 3.12. The lowest BCUT2D eigenvalue weighted by molar-refractivity contribution is -0.123. The maximum absolute atomic E-state index is 13.9. The van der Waals surface area contributed by atoms with E-state index in [2.05, 4.69) is 4.74 Å². The molecule has 0 spiro atoms. The highest BCUT2D eigenvalue weighted by Gasteiger charge is 2.43. The largest absolute Gasteiger partial charge is 0.465 e. The molecule has 2 heterocycles. The van der Waals surface area contributed by atoms with Crippen LogP contribution >= 0.6 is 0 Å². The first kappa shape index (κ1) is 21.6. The zero-order valence-corrected chi connectivity index (χ0v) is 17.5. The third-order valence-electron chi connectivity index (χ3n) is 5.82. The second-order valence-electron chi connectivity index (χ2n) is 7.63. The summed E-state index contributed by atoms with van der Waals surface area (Å²) in [4.78, 5) is 54.4. The van der Waals surface area contributed by atoms with Gasteiger partial charge < -0.3 is 9.64 Å². The van der Waals surface area contributed by atoms with E-state index in [0.717, 1.165) is 4.90 Å². The van der Waals surface area contributed by atoms with Gasteiger partial charge in [-0.1, -0.05) is 12.1 Å². The third-order valence-corrected chi connectivity index (χ3v) is 5.82. The molecular formula is C23H22FN3O5. The number of nitrogens with zero attached hydrogens (tertiary/aromatic N) is 3. The smallest absolute Gasteiger partial charge is 0.337 e. The molecule has 0 aliphatic carbocycles. The van der Waals surface area contributed by atoms with Crippen LogP contribution in [-0.2, 0) is 14.3 Å². The maximum Gasteiger partial charge on any atom is 0.337 e. The third kappa shape index (κ3) is 3.99. The second-order valence-corrected chi connectivity index (χ2v) is 7.63. The Bertz CT molecular complexity index is 1060. The number of anilines is 1. The first-order chi connectivity index (χ1) is 15.4. The van der Waals surface area contributed by atoms with Crippen LogP contribution in [0.2, 0.25) is 0 Å². The van der Waals surface area contributed by atoms with Crippen molar-refractivity contribution < 1.29 is 28.3 Å². The number of amides is 3. The van der Waals surface area contributed by atoms with Gasteiger partial charge in [0.25, 0.3) is 11.8 Å². The first-order valence-corrected chi connectivity index (χ1v) is 10.2. The Morgan fingerprint density at radius 1 is 0.969 bits per heavy atom. The van der Waals surface area contributed by atoms with Crippen LogP contribution in [0.4, 0.5) is 10.1 Å². The molecule has 2 aromatic carbocycles. The van der Waals surface area contributed by atoms with Gasteiger partial charge >= 0.3 is 5.97 Å². The molecule has 2 fully saturated rings. The Labute approximate surface area is 184 Å². The van der Waals surface area contributed by atoms with Crippen molar-refractivity contribution in [2.24, 2.45) is 0 Å². The lowest BCUT2D eigenvalue weighted by atomic mass is 10.1. The van der Waals surface area contributed by atoms with E-state index in [9.17, 15) is 23.6 Å². The van der Waals surface area contributed by atoms with Crippen LogP contribution in [0.1, 0.15) is 27.1 Å². The summed E-state index contributed by atoms with van der Waals surface area (Å²) in [5, 5.41) is 0. The maximum atomic E-state index is 13.9. The minimum atomic E-state index is -0.617. The van der Waals surface area contributed by atoms with Crippen LogP contribution in [-0.4, -0.2) is 72.8 Å². The van der Waals surface area contributed by atoms with Gasteiger partial charge in [0.1, 0.15) is 5.82 Å². The van der Waals surface area contributed by atoms with Crippen LogP contribution in [0, 0.1) is 5.82 Å². The molecule has 32 heavy (non-hydrogen) atoms. The van der Waals surface area contributed by atoms with Gasteiger partial charge in [-0.3, -0.25) is 19.3 Å². The van der Waals surface area contributed by atoms with E-state index >= 15 is 0 Å². The van der Waals surface area contributed by atoms with Crippen molar-refractivity contribution in [3.05, 3.63) is 65.5 Å². The standard InChI is InChI=1S/C23H22FN3O5/c1-32-23(31)15-6-8-16(9-7-15)27-20(28)14-19(22(27)30)25-10-12-26(13-11-25)21(29)17-4-2-3-5-18(17)24/h2-9,19H,10-14H2,1H3/t19-/m0/s1. The number of benzene rings is 2. The zero-order valence-electron chi connectivity index (χ0n) is 17.5. The first-order valence-electron chi connectivity index (χ1n) is 10.2. The summed E-state index contributed by atoms with van der Waals surface area (Å²) in [6.45, 7) is 1.47. The summed E-state index contributed by atoms with van der Waals surface area (Å²) in [6, 6.07) is 11.3. The lowest BCUT2D eigenvalue weighted by Gasteiger charge is -2.37. The van der Waals surface area contributed by atoms with Crippen LogP contribution < -0.4 is 4.90 Å². The molecule has 2 aliphatic rings. The fourth-order valence-corrected chi connectivity index (χ4v) is 4.08. The Morgan fingerprint density at radius 3 is 2.25 bits per heavy atom. The van der Waals surface area contributed by atoms with Crippen LogP contribution in [0.3, 0.4) is 0 Å². The SMILES string of the molecule is COC(=O)c1ccc(N2C(=O)C[C@H](N3CCN(C(=O)c4ccccc4F)CC3)C2=O)cc1. The Morgan fingerprint density at radius 2 is 1.62 bits per heavy atom. The molecule has 0 saturated carbocycles. The molecule has 8 nitrogen and oxygen atoms in total. The Kier molecular flexibility index (Phi) is 6.00. The number of piperazine rings is 1. The summed E-state index contributed by atoms with van der Waals surface area (Å²) >= 11 is 0. The molecule has 2 aliphatic heterocycles. The van der Waals surface area contributed by atoms with Crippen molar-refractivity contribution >= 4 is 29.4 Å². The predicted molar refractivity (Wildman–Crippen MR) is 113 cm³/mol. The van der Waals surface area contributed by atoms with Gasteiger partial charge in [0.2, 0.25) is 5.91 Å². The highest BCUT2D eigenvalue weighted by atomic mass is 19.1. The molecular weight excluding hydrogens is 417 g/mol. The molecule has 0 N–H and O–H groups in total. The van der Waals surface area contributed by atoms with Crippen molar-refractivity contribution in [2.45, 2.75) is 12.5 Å². The molecule has 0 bridgehead atoms. The molecule has 4 rings (SSSR count). The number of esters is 1. The molecule has 0 aromatic heterocycles. The molecule has 3 amide bonds. The van der Waals surface area contributed by atoms with Gasteiger partial charge in [0.05, 0.1) is 36.4 Å². The van der Waals surface area contributed by atoms with Crippen molar-refractivity contribution in [1.82, 2.24) is 9.80 Å². The molecule has 2 saturated heterocycles. The van der Waals surface area contributed by atoms with E-state index in [0.29, 0.717) is 37.4 Å². The highest BCUT2D eigenvalue weighted by Crippen LogP contribution is 2.27. The van der Waals surface area contributed by atoms with E-state index in [-0.39, 0.29) is 29.7 Å². The highest BCUT2D eigenvalue weighted by molar-refractivity contribution is 6.22. The minimum Gasteiger partial charge on any atom is -0.465 e. The lowest BCUT2D eigenvalue weighted by Crippen LogP contribution is -2.54. The van der Waals surface area contributed by atoms with Gasteiger partial charge in [-0.25, -0.2) is 14.1 Å². The quantitative estimate of drug-likeness (QED) is 0.533. The zero-order chi connectivity index (χ0) is 22.8. The molecule has 1 atom stereocenters. The topological polar surface area (TPSA) is 87.2 Å². The van der Waals surface area contributed by atoms with Crippen molar-refractivity contribution in [1.29, 1.82) is 0 Å². The number of methoxy groups -OCH3 is 1. The number of carbonyl (C=O) groups excluding carboxylic acids is 4. The van der Waals surface area contributed by atoms with E-state index < -0.39 is 17.8 Å². The molecule has 166 valence electrons. The number of hydrogen-bond acceptors (Lipinski definition) is 6. The van der Waals surface area contributed by atoms with Gasteiger partial charge in [-0.2, -0.15) is 0 Å². The van der Waals surface area contributed by atoms with E-state index in [1.807, 2.05) is 4.90 Å². The van der Waals surface area contributed by atoms with Gasteiger partial charge in [0, 0.05) is 26.2 Å². The van der Waals surface area contributed by atoms with Gasteiger partial charge in [-0.15, -0.1) is 0 Å². The van der Waals surface area contributed by atoms with Crippen molar-refractivity contribution in [3.8, 4) is 0 Å². The van der Waals surface area contributed by atoms with Crippen LogP contribution in [0.5, 0.6) is 0 Å². The number of ether oxygens (including phenoxy) is 1. The summed E-state index contributed by atoms with van der Waals surface area (Å²) < 4.78 is 18.6. The average molecular weight is 439 g/mol. The van der Waals surface area contributed by atoms with E-state index in [1.54, 1.807) is 11.0 Å².